The Balaban J connectivity index is -0.00000169. The Morgan fingerprint density at radius 3 is 1.79 bits per heavy atom. The average Bonchev–Trinajstić information content (AvgIpc) is 3.06. The number of allylic oxidation sites excluding steroid dienone is 4. The molecule has 0 radical (unpaired) electrons. The van der Waals surface area contributed by atoms with Gasteiger partial charge in [0.1, 0.15) is 0 Å². The molecule has 1 aliphatic carbocycles. The third kappa shape index (κ3) is 7.55. The minimum absolute atomic E-state index is 0. The van der Waals surface area contributed by atoms with Gasteiger partial charge in [-0.1, -0.05) is 57.2 Å². The van der Waals surface area contributed by atoms with Crippen molar-refractivity contribution in [2.45, 2.75) is 87.1 Å². The van der Waals surface area contributed by atoms with E-state index in [4.69, 9.17) is 0 Å². The van der Waals surface area contributed by atoms with Crippen molar-refractivity contribution in [1.82, 2.24) is 0 Å². The Kier molecular flexibility index (Phi) is 18.0. The van der Waals surface area contributed by atoms with E-state index in [2.05, 4.69) is 67.5 Å². The molecule has 0 fully saturated rings. The van der Waals surface area contributed by atoms with Gasteiger partial charge >= 0.3 is 21.7 Å². The average molecular weight is 508 g/mol. The van der Waals surface area contributed by atoms with Crippen LogP contribution in [0, 0.1) is 46.6 Å². The molecule has 0 saturated heterocycles. The Morgan fingerprint density at radius 1 is 0.862 bits per heavy atom. The molecule has 1 aromatic rings. The van der Waals surface area contributed by atoms with Crippen molar-refractivity contribution in [3.05, 3.63) is 50.7 Å². The van der Waals surface area contributed by atoms with Crippen molar-refractivity contribution in [3.8, 4) is 0 Å². The fourth-order valence-electron chi connectivity index (χ4n) is 4.44. The number of rotatable bonds is 7. The Hall–Kier alpha value is 0.501. The Morgan fingerprint density at radius 2 is 1.34 bits per heavy atom. The maximum Gasteiger partial charge on any atom is 4.00 e. The quantitative estimate of drug-likeness (QED) is 0.211. The molecular weight excluding hydrogens is 471 g/mol. The summed E-state index contributed by atoms with van der Waals surface area (Å²) in [6.45, 7) is 18.7. The van der Waals surface area contributed by atoms with Gasteiger partial charge in [0.05, 0.1) is 8.80 Å². The zero-order valence-electron chi connectivity index (χ0n) is 19.4. The first kappa shape index (κ1) is 34.1. The molecule has 1 atom stereocenters. The van der Waals surface area contributed by atoms with Crippen molar-refractivity contribution in [2.75, 3.05) is 0 Å². The molecular formula is C24H37Cl3SiTi. The van der Waals surface area contributed by atoms with Crippen LogP contribution in [0.4, 0.5) is 0 Å². The van der Waals surface area contributed by atoms with Crippen LogP contribution in [0.3, 0.4) is 0 Å². The molecule has 0 aromatic heterocycles. The Labute approximate surface area is 215 Å². The second kappa shape index (κ2) is 15.3. The summed E-state index contributed by atoms with van der Waals surface area (Å²) in [6.07, 6.45) is 11.3. The summed E-state index contributed by atoms with van der Waals surface area (Å²) in [4.78, 5) is 0. The molecule has 0 heterocycles. The van der Waals surface area contributed by atoms with Gasteiger partial charge in [-0.15, -0.1) is 6.42 Å². The molecule has 5 heteroatoms. The van der Waals surface area contributed by atoms with Crippen LogP contribution in [0.25, 0.3) is 0 Å². The Bertz CT molecular complexity index is 680. The van der Waals surface area contributed by atoms with E-state index in [0.29, 0.717) is 5.92 Å². The summed E-state index contributed by atoms with van der Waals surface area (Å²) in [5.74, 6) is 0.624. The molecule has 29 heavy (non-hydrogen) atoms. The first-order valence-corrected chi connectivity index (χ1v) is 12.2. The second-order valence-electron chi connectivity index (χ2n) is 8.20. The molecule has 0 aliphatic heterocycles. The number of benzene rings is 1. The van der Waals surface area contributed by atoms with Gasteiger partial charge in [-0.3, -0.25) is 6.08 Å². The molecule has 0 amide bonds. The molecule has 0 bridgehead atoms. The minimum atomic E-state index is -1.21. The summed E-state index contributed by atoms with van der Waals surface area (Å²) in [5.41, 5.74) is 9.25. The van der Waals surface area contributed by atoms with Crippen LogP contribution in [0.1, 0.15) is 74.3 Å². The molecule has 1 aromatic carbocycles. The summed E-state index contributed by atoms with van der Waals surface area (Å²) < 4.78 is 0. The van der Waals surface area contributed by atoms with Crippen molar-refractivity contribution in [3.63, 3.8) is 0 Å². The predicted molar refractivity (Wildman–Crippen MR) is 116 cm³/mol. The topological polar surface area (TPSA) is 0 Å². The maximum absolute atomic E-state index is 3.81. The van der Waals surface area contributed by atoms with Crippen LogP contribution >= 0.6 is 0 Å². The van der Waals surface area contributed by atoms with Gasteiger partial charge in [-0.25, -0.2) is 5.20 Å². The van der Waals surface area contributed by atoms with Gasteiger partial charge in [0, 0.05) is 0 Å². The SMILES string of the molecule is CCCCC[SiH](C1=[C-]CC=C1C(C)C)c1c(C)c(C)c(C)c(C)c1C.[Cl-].[Cl-].[Cl-].[Ti+4]. The third-order valence-electron chi connectivity index (χ3n) is 6.40. The van der Waals surface area contributed by atoms with E-state index < -0.39 is 8.80 Å². The first-order chi connectivity index (χ1) is 11.8. The molecule has 0 N–H and O–H groups in total. The molecule has 0 spiro atoms. The summed E-state index contributed by atoms with van der Waals surface area (Å²) in [5, 5.41) is 3.37. The van der Waals surface area contributed by atoms with E-state index in [-0.39, 0.29) is 58.9 Å². The van der Waals surface area contributed by atoms with Crippen molar-refractivity contribution in [2.24, 2.45) is 5.92 Å². The monoisotopic (exact) mass is 506 g/mol. The number of unbranched alkanes of at least 4 members (excludes halogenated alkanes) is 2. The second-order valence-corrected chi connectivity index (χ2v) is 11.0. The van der Waals surface area contributed by atoms with E-state index in [1.54, 1.807) is 27.1 Å². The van der Waals surface area contributed by atoms with Gasteiger partial charge in [0.2, 0.25) is 0 Å². The molecule has 1 aliphatic rings. The normalized spacial score (nSPS) is 13.4. The molecule has 162 valence electrons. The molecule has 0 saturated carbocycles. The van der Waals surface area contributed by atoms with Crippen LogP contribution in [0.15, 0.2) is 16.8 Å². The van der Waals surface area contributed by atoms with Crippen molar-refractivity contribution >= 4 is 14.0 Å². The molecule has 0 nitrogen and oxygen atoms in total. The molecule has 1 unspecified atom stereocenters. The zero-order valence-corrected chi connectivity index (χ0v) is 24.4. The van der Waals surface area contributed by atoms with Gasteiger partial charge < -0.3 is 37.2 Å². The standard InChI is InChI=1S/C24H37Si.3ClH.Ti/c1-9-10-11-15-25(23-14-12-13-22(23)16(2)3)24-20(7)18(5)17(4)19(6)21(24)8;;;;/h13,16,25H,9-12,15H2,1-8H3;3*1H;/q-1;;;;+4/p-3. The number of hydrogen-bond acceptors (Lipinski definition) is 0. The van der Waals surface area contributed by atoms with E-state index >= 15 is 0 Å². The molecule has 2 rings (SSSR count). The van der Waals surface area contributed by atoms with Gasteiger partial charge in [0.25, 0.3) is 0 Å². The van der Waals surface area contributed by atoms with Crippen LogP contribution in [0.5, 0.6) is 0 Å². The van der Waals surface area contributed by atoms with E-state index in [0.717, 1.165) is 6.42 Å². The van der Waals surface area contributed by atoms with E-state index in [1.807, 2.05) is 0 Å². The van der Waals surface area contributed by atoms with E-state index in [1.165, 1.54) is 42.0 Å². The zero-order chi connectivity index (χ0) is 18.7. The van der Waals surface area contributed by atoms with Crippen molar-refractivity contribution < 1.29 is 58.9 Å². The largest absolute Gasteiger partial charge is 4.00 e. The van der Waals surface area contributed by atoms with Gasteiger partial charge in [0.15, 0.2) is 0 Å². The van der Waals surface area contributed by atoms with Crippen molar-refractivity contribution in [1.29, 1.82) is 0 Å². The number of hydrogen-bond donors (Lipinski definition) is 0. The third-order valence-corrected chi connectivity index (χ3v) is 10.2. The smallest absolute Gasteiger partial charge is 1.00 e. The van der Waals surface area contributed by atoms with Crippen LogP contribution in [0.2, 0.25) is 6.04 Å². The maximum atomic E-state index is 3.81. The van der Waals surface area contributed by atoms with Crippen LogP contribution in [-0.2, 0) is 21.7 Å². The van der Waals surface area contributed by atoms with Crippen LogP contribution < -0.4 is 42.4 Å². The fraction of sp³-hybridized carbons (Fsp3) is 0.583. The van der Waals surface area contributed by atoms with Gasteiger partial charge in [-0.2, -0.15) is 11.6 Å². The van der Waals surface area contributed by atoms with Crippen LogP contribution in [-0.4, -0.2) is 8.80 Å². The summed E-state index contributed by atoms with van der Waals surface area (Å²) >= 11 is 0. The first-order valence-electron chi connectivity index (χ1n) is 10.2. The summed E-state index contributed by atoms with van der Waals surface area (Å²) in [6, 6.07) is 1.39. The predicted octanol–water partition coefficient (Wildman–Crippen LogP) is -2.88. The number of halogens is 3. The minimum Gasteiger partial charge on any atom is -1.00 e. The fourth-order valence-corrected chi connectivity index (χ4v) is 8.70. The van der Waals surface area contributed by atoms with Gasteiger partial charge in [-0.05, 0) is 62.4 Å². The summed E-state index contributed by atoms with van der Waals surface area (Å²) in [7, 11) is -1.21. The van der Waals surface area contributed by atoms with E-state index in [9.17, 15) is 0 Å².